The summed E-state index contributed by atoms with van der Waals surface area (Å²) in [6.45, 7) is 0. The smallest absolute Gasteiger partial charge is 0.367 e. The van der Waals surface area contributed by atoms with Gasteiger partial charge in [-0.25, -0.2) is 4.39 Å². The number of aromatic hydroxyl groups is 1. The van der Waals surface area contributed by atoms with Crippen molar-refractivity contribution in [3.63, 3.8) is 0 Å². The van der Waals surface area contributed by atoms with Gasteiger partial charge >= 0.3 is 7.60 Å². The first-order valence-electron chi connectivity index (χ1n) is 8.43. The van der Waals surface area contributed by atoms with E-state index >= 15 is 0 Å². The van der Waals surface area contributed by atoms with Crippen LogP contribution in [0.25, 0.3) is 0 Å². The Morgan fingerprint density at radius 1 is 0.862 bits per heavy atom. The van der Waals surface area contributed by atoms with Gasteiger partial charge in [-0.2, -0.15) is 8.15 Å². The van der Waals surface area contributed by atoms with Gasteiger partial charge in [-0.15, -0.1) is 0 Å². The summed E-state index contributed by atoms with van der Waals surface area (Å²) in [5.41, 5.74) is 2.13. The third-order valence-electron chi connectivity index (χ3n) is 4.10. The lowest BCUT2D eigenvalue weighted by Crippen LogP contribution is -1.92. The van der Waals surface area contributed by atoms with E-state index in [2.05, 4.69) is 8.15 Å². The molecule has 152 valence electrons. The minimum atomic E-state index is -3.59. The Hall–Kier alpha value is -2.08. The summed E-state index contributed by atoms with van der Waals surface area (Å²) in [5.74, 6) is 0.854. The highest BCUT2D eigenvalue weighted by atomic mass is 35.5. The van der Waals surface area contributed by atoms with Crippen LogP contribution in [0.3, 0.4) is 0 Å². The van der Waals surface area contributed by atoms with Crippen LogP contribution in [0.2, 0.25) is 0 Å². The second-order valence-corrected chi connectivity index (χ2v) is 8.89. The monoisotopic (exact) mass is 456 g/mol. The highest BCUT2D eigenvalue weighted by Gasteiger charge is 2.25. The van der Waals surface area contributed by atoms with Crippen LogP contribution in [-0.2, 0) is 25.3 Å². The zero-order valence-corrected chi connectivity index (χ0v) is 17.3. The van der Waals surface area contributed by atoms with Crippen molar-refractivity contribution in [2.24, 2.45) is 0 Å². The maximum atomic E-state index is 13.1. The first kappa shape index (κ1) is 21.6. The van der Waals surface area contributed by atoms with Crippen molar-refractivity contribution in [2.75, 3.05) is 0 Å². The molecule has 0 heterocycles. The van der Waals surface area contributed by atoms with Crippen LogP contribution in [0.5, 0.6) is 17.2 Å². The summed E-state index contributed by atoms with van der Waals surface area (Å²) in [6.07, 6.45) is 0.329. The highest BCUT2D eigenvalue weighted by molar-refractivity contribution is 7.54. The lowest BCUT2D eigenvalue weighted by atomic mass is 10.0. The van der Waals surface area contributed by atoms with E-state index in [1.54, 1.807) is 48.5 Å². The Kier molecular flexibility index (Phi) is 7.17. The molecule has 0 aromatic heterocycles. The zero-order chi connectivity index (χ0) is 20.9. The van der Waals surface area contributed by atoms with Gasteiger partial charge in [0.2, 0.25) is 0 Å². The average Bonchev–Trinajstić information content (AvgIpc) is 2.73. The Morgan fingerprint density at radius 2 is 1.45 bits per heavy atom. The van der Waals surface area contributed by atoms with Gasteiger partial charge in [-0.1, -0.05) is 24.3 Å². The van der Waals surface area contributed by atoms with Crippen molar-refractivity contribution in [3.05, 3.63) is 89.2 Å². The third-order valence-corrected chi connectivity index (χ3v) is 6.54. The molecule has 0 aliphatic heterocycles. The molecule has 1 N–H and O–H groups in total. The molecule has 3 aromatic carbocycles. The van der Waals surface area contributed by atoms with E-state index in [4.69, 9.17) is 28.5 Å². The minimum Gasteiger partial charge on any atom is -0.508 e. The van der Waals surface area contributed by atoms with E-state index in [1.165, 1.54) is 18.2 Å². The van der Waals surface area contributed by atoms with E-state index < -0.39 is 7.60 Å². The molecule has 0 atom stereocenters. The van der Waals surface area contributed by atoms with Gasteiger partial charge in [-0.3, -0.25) is 4.57 Å². The van der Waals surface area contributed by atoms with Gasteiger partial charge in [-0.05, 0) is 53.6 Å². The van der Waals surface area contributed by atoms with Gasteiger partial charge in [0.1, 0.15) is 23.1 Å². The molecular formula is C20H16Cl2FO5P. The second kappa shape index (κ2) is 9.61. The van der Waals surface area contributed by atoms with Gasteiger partial charge in [0.15, 0.2) is 0 Å². The number of ether oxygens (including phenoxy) is 1. The standard InChI is InChI=1S/C20H16Cl2FO5P/c21-27-29(25,28-22)13-15-3-7-18(8-4-15)26-19-9-10-20(24)16(12-19)11-14-1-5-17(23)6-2-14/h1-10,12,24H,11,13H2. The first-order valence-corrected chi connectivity index (χ1v) is 10.8. The van der Waals surface area contributed by atoms with E-state index in [-0.39, 0.29) is 17.7 Å². The van der Waals surface area contributed by atoms with E-state index in [9.17, 15) is 14.1 Å². The Balaban J connectivity index is 1.71. The molecule has 0 fully saturated rings. The molecule has 0 saturated carbocycles. The van der Waals surface area contributed by atoms with Crippen LogP contribution >= 0.6 is 31.3 Å². The number of rotatable bonds is 8. The van der Waals surface area contributed by atoms with Gasteiger partial charge in [0, 0.05) is 12.0 Å². The van der Waals surface area contributed by atoms with Crippen molar-refractivity contribution in [1.29, 1.82) is 0 Å². The lowest BCUT2D eigenvalue weighted by Gasteiger charge is -2.11. The largest absolute Gasteiger partial charge is 0.508 e. The molecule has 0 radical (unpaired) electrons. The van der Waals surface area contributed by atoms with Crippen molar-refractivity contribution in [2.45, 2.75) is 12.6 Å². The fourth-order valence-electron chi connectivity index (χ4n) is 2.67. The topological polar surface area (TPSA) is 65.0 Å². The summed E-state index contributed by atoms with van der Waals surface area (Å²) in [5, 5.41) is 10.1. The summed E-state index contributed by atoms with van der Waals surface area (Å²) in [4.78, 5) is 0. The summed E-state index contributed by atoms with van der Waals surface area (Å²) in [6, 6.07) is 17.6. The predicted molar refractivity (Wildman–Crippen MR) is 109 cm³/mol. The number of phenolic OH excluding ortho intramolecular Hbond substituents is 1. The maximum absolute atomic E-state index is 13.1. The van der Waals surface area contributed by atoms with Gasteiger partial charge < -0.3 is 9.84 Å². The molecule has 0 saturated heterocycles. The fourth-order valence-corrected chi connectivity index (χ4v) is 4.00. The first-order chi connectivity index (χ1) is 13.9. The highest BCUT2D eigenvalue weighted by Crippen LogP contribution is 2.53. The fraction of sp³-hybridized carbons (Fsp3) is 0.100. The van der Waals surface area contributed by atoms with E-state index in [0.717, 1.165) is 5.56 Å². The molecule has 9 heteroatoms. The summed E-state index contributed by atoms with van der Waals surface area (Å²) < 4.78 is 39.4. The molecule has 0 aliphatic carbocycles. The van der Waals surface area contributed by atoms with Crippen molar-refractivity contribution in [3.8, 4) is 17.2 Å². The van der Waals surface area contributed by atoms with Crippen LogP contribution in [0.4, 0.5) is 4.39 Å². The normalized spacial score (nSPS) is 11.4. The average molecular weight is 457 g/mol. The predicted octanol–water partition coefficient (Wildman–Crippen LogP) is 6.95. The molecule has 29 heavy (non-hydrogen) atoms. The van der Waals surface area contributed by atoms with Crippen molar-refractivity contribution < 1.29 is 27.0 Å². The Bertz CT molecular complexity index is 1000. The van der Waals surface area contributed by atoms with Crippen LogP contribution in [-0.4, -0.2) is 5.11 Å². The second-order valence-electron chi connectivity index (χ2n) is 6.25. The van der Waals surface area contributed by atoms with Crippen molar-refractivity contribution in [1.82, 2.24) is 0 Å². The van der Waals surface area contributed by atoms with E-state index in [1.807, 2.05) is 0 Å². The number of benzene rings is 3. The number of hydrogen-bond donors (Lipinski definition) is 1. The van der Waals surface area contributed by atoms with Gasteiger partial charge in [0.25, 0.3) is 0 Å². The third kappa shape index (κ3) is 5.95. The summed E-state index contributed by atoms with van der Waals surface area (Å²) >= 11 is 10.3. The van der Waals surface area contributed by atoms with Crippen LogP contribution in [0, 0.1) is 5.82 Å². The van der Waals surface area contributed by atoms with E-state index in [0.29, 0.717) is 29.0 Å². The lowest BCUT2D eigenvalue weighted by molar-refractivity contribution is 0.414. The molecule has 3 aromatic rings. The molecule has 3 rings (SSSR count). The summed E-state index contributed by atoms with van der Waals surface area (Å²) in [7, 11) is -3.59. The molecular weight excluding hydrogens is 441 g/mol. The van der Waals surface area contributed by atoms with Gasteiger partial charge in [0.05, 0.1) is 29.9 Å². The number of halogens is 3. The van der Waals surface area contributed by atoms with Crippen molar-refractivity contribution >= 4 is 31.3 Å². The molecule has 0 amide bonds. The molecule has 0 spiro atoms. The molecule has 0 unspecified atom stereocenters. The van der Waals surface area contributed by atoms with Crippen LogP contribution in [0.15, 0.2) is 66.7 Å². The number of hydrogen-bond acceptors (Lipinski definition) is 5. The zero-order valence-electron chi connectivity index (χ0n) is 14.9. The molecule has 0 bridgehead atoms. The van der Waals surface area contributed by atoms with Crippen LogP contribution < -0.4 is 4.74 Å². The SMILES string of the molecule is O=P(Cc1ccc(Oc2ccc(O)c(Cc3ccc(F)cc3)c2)cc1)(OCl)OCl. The Morgan fingerprint density at radius 3 is 2.07 bits per heavy atom. The number of phenols is 1. The van der Waals surface area contributed by atoms with Crippen LogP contribution in [0.1, 0.15) is 16.7 Å². The molecule has 5 nitrogen and oxygen atoms in total. The Labute approximate surface area is 177 Å². The minimum absolute atomic E-state index is 0.0959. The molecule has 0 aliphatic rings. The quantitative estimate of drug-likeness (QED) is 0.371. The maximum Gasteiger partial charge on any atom is 0.367 e.